The third kappa shape index (κ3) is 4.14. The number of rotatable bonds is 5. The van der Waals surface area contributed by atoms with Crippen LogP contribution in [0, 0.1) is 0 Å². The van der Waals surface area contributed by atoms with Crippen molar-refractivity contribution in [1.82, 2.24) is 9.88 Å². The average molecular weight is 447 g/mol. The van der Waals surface area contributed by atoms with Crippen molar-refractivity contribution in [3.63, 3.8) is 0 Å². The maximum Gasteiger partial charge on any atom is 0.296 e. The molecule has 3 aromatic rings. The van der Waals surface area contributed by atoms with Crippen LogP contribution in [0.25, 0.3) is 5.76 Å². The van der Waals surface area contributed by atoms with Gasteiger partial charge in [0.25, 0.3) is 11.7 Å². The Kier molecular flexibility index (Phi) is 5.80. The zero-order valence-electron chi connectivity index (χ0n) is 19.0. The lowest BCUT2D eigenvalue weighted by atomic mass is 9.85. The summed E-state index contributed by atoms with van der Waals surface area (Å²) in [6.45, 7) is 6.29. The van der Waals surface area contributed by atoms with Crippen LogP contribution in [0.5, 0.6) is 5.75 Å². The van der Waals surface area contributed by atoms with E-state index in [2.05, 4.69) is 4.98 Å². The highest BCUT2D eigenvalue weighted by Crippen LogP contribution is 2.42. The molecule has 4 rings (SSSR count). The number of ether oxygens (including phenoxy) is 1. The zero-order chi connectivity index (χ0) is 23.8. The smallest absolute Gasteiger partial charge is 0.296 e. The maximum absolute atomic E-state index is 13.2. The number of benzene rings is 1. The first-order valence-corrected chi connectivity index (χ1v) is 10.6. The lowest BCUT2D eigenvalue weighted by Gasteiger charge is -2.24. The van der Waals surface area contributed by atoms with Crippen LogP contribution in [0.4, 0.5) is 0 Å². The number of aliphatic hydroxyl groups excluding tert-OH is 1. The van der Waals surface area contributed by atoms with Gasteiger partial charge in [-0.1, -0.05) is 32.9 Å². The number of aliphatic hydroxyl groups is 1. The number of likely N-dealkylation sites (tertiary alicyclic amines) is 1. The van der Waals surface area contributed by atoms with Crippen molar-refractivity contribution in [2.75, 3.05) is 7.11 Å². The lowest BCUT2D eigenvalue weighted by molar-refractivity contribution is -0.140. The van der Waals surface area contributed by atoms with Crippen molar-refractivity contribution in [2.45, 2.75) is 38.8 Å². The number of aromatic nitrogens is 1. The Labute approximate surface area is 192 Å². The minimum Gasteiger partial charge on any atom is -0.507 e. The third-order valence-corrected chi connectivity index (χ3v) is 5.75. The Bertz CT molecular complexity index is 1210. The Morgan fingerprint density at radius 2 is 1.97 bits per heavy atom. The second-order valence-electron chi connectivity index (χ2n) is 8.97. The number of hydrogen-bond acceptors (Lipinski definition) is 6. The minimum atomic E-state index is -0.886. The standard InChI is InChI=1S/C26H26N2O5/c1-26(2,3)17-9-10-19(32-4)18(13-17)23(29)21-22(20-8-6-12-33-20)28(25(31)24(21)30)15-16-7-5-11-27-14-16/h5-14,22,29H,15H2,1-4H3/b23-21+. The van der Waals surface area contributed by atoms with E-state index in [4.69, 9.17) is 9.15 Å². The first-order valence-electron chi connectivity index (χ1n) is 10.6. The van der Waals surface area contributed by atoms with Gasteiger partial charge in [0.2, 0.25) is 0 Å². The molecule has 1 amide bonds. The molecule has 2 aromatic heterocycles. The molecule has 1 aliphatic rings. The second-order valence-corrected chi connectivity index (χ2v) is 8.97. The van der Waals surface area contributed by atoms with Crippen LogP contribution in [0.15, 0.2) is 71.1 Å². The normalized spacial score (nSPS) is 18.1. The monoisotopic (exact) mass is 446 g/mol. The highest BCUT2D eigenvalue weighted by atomic mass is 16.5. The number of amides is 1. The highest BCUT2D eigenvalue weighted by molar-refractivity contribution is 6.46. The molecule has 1 atom stereocenters. The van der Waals surface area contributed by atoms with E-state index in [1.807, 2.05) is 32.9 Å². The van der Waals surface area contributed by atoms with Gasteiger partial charge in [-0.2, -0.15) is 0 Å². The number of methoxy groups -OCH3 is 1. The number of ketones is 1. The topological polar surface area (TPSA) is 92.9 Å². The first kappa shape index (κ1) is 22.3. The fourth-order valence-electron chi connectivity index (χ4n) is 3.98. The molecule has 1 saturated heterocycles. The van der Waals surface area contributed by atoms with E-state index in [1.165, 1.54) is 18.3 Å². The molecule has 1 fully saturated rings. The van der Waals surface area contributed by atoms with E-state index in [9.17, 15) is 14.7 Å². The van der Waals surface area contributed by atoms with Crippen LogP contribution >= 0.6 is 0 Å². The molecular formula is C26H26N2O5. The number of carbonyl (C=O) groups is 2. The van der Waals surface area contributed by atoms with Crippen molar-refractivity contribution in [3.05, 3.63) is 89.1 Å². The van der Waals surface area contributed by atoms with Gasteiger partial charge in [-0.25, -0.2) is 0 Å². The Morgan fingerprint density at radius 3 is 2.58 bits per heavy atom. The van der Waals surface area contributed by atoms with Crippen molar-refractivity contribution in [2.24, 2.45) is 0 Å². The molecule has 7 heteroatoms. The fourth-order valence-corrected chi connectivity index (χ4v) is 3.98. The lowest BCUT2D eigenvalue weighted by Crippen LogP contribution is -2.29. The molecule has 0 spiro atoms. The minimum absolute atomic E-state index is 0.0387. The summed E-state index contributed by atoms with van der Waals surface area (Å²) in [5.74, 6) is -1.01. The Morgan fingerprint density at radius 1 is 1.18 bits per heavy atom. The van der Waals surface area contributed by atoms with E-state index < -0.39 is 17.7 Å². The predicted molar refractivity (Wildman–Crippen MR) is 122 cm³/mol. The second kappa shape index (κ2) is 8.58. The summed E-state index contributed by atoms with van der Waals surface area (Å²) in [6, 6.07) is 11.5. The van der Waals surface area contributed by atoms with Crippen molar-refractivity contribution in [1.29, 1.82) is 0 Å². The molecule has 0 aliphatic carbocycles. The van der Waals surface area contributed by atoms with E-state index in [0.29, 0.717) is 17.1 Å². The van der Waals surface area contributed by atoms with Gasteiger partial charge < -0.3 is 19.2 Å². The average Bonchev–Trinajstić information content (AvgIpc) is 3.41. The van der Waals surface area contributed by atoms with Gasteiger partial charge in [-0.05, 0) is 46.9 Å². The van der Waals surface area contributed by atoms with Crippen molar-refractivity contribution in [3.8, 4) is 5.75 Å². The molecule has 170 valence electrons. The predicted octanol–water partition coefficient (Wildman–Crippen LogP) is 4.60. The summed E-state index contributed by atoms with van der Waals surface area (Å²) < 4.78 is 11.1. The van der Waals surface area contributed by atoms with Crippen molar-refractivity contribution < 1.29 is 23.8 Å². The number of hydrogen-bond donors (Lipinski definition) is 1. The SMILES string of the molecule is COc1ccc(C(C)(C)C)cc1/C(O)=C1\C(=O)C(=O)N(Cc2cccnc2)C1c1ccco1. The summed E-state index contributed by atoms with van der Waals surface area (Å²) in [5, 5.41) is 11.4. The number of Topliss-reactive ketones (excluding diaryl/α,β-unsaturated/α-hetero) is 1. The van der Waals surface area contributed by atoms with Gasteiger partial charge in [0.1, 0.15) is 23.3 Å². The quantitative estimate of drug-likeness (QED) is 0.350. The number of furan rings is 1. The van der Waals surface area contributed by atoms with Gasteiger partial charge in [0.15, 0.2) is 0 Å². The van der Waals surface area contributed by atoms with Crippen LogP contribution in [0.1, 0.15) is 49.3 Å². The molecule has 7 nitrogen and oxygen atoms in total. The van der Waals surface area contributed by atoms with Crippen LogP contribution in [-0.2, 0) is 21.5 Å². The van der Waals surface area contributed by atoms with Crippen LogP contribution < -0.4 is 4.74 Å². The third-order valence-electron chi connectivity index (χ3n) is 5.75. The van der Waals surface area contributed by atoms with Gasteiger partial charge in [0.05, 0.1) is 24.5 Å². The molecule has 33 heavy (non-hydrogen) atoms. The van der Waals surface area contributed by atoms with Gasteiger partial charge in [-0.3, -0.25) is 14.6 Å². The molecule has 1 N–H and O–H groups in total. The molecule has 1 aromatic carbocycles. The first-order chi connectivity index (χ1) is 15.7. The fraction of sp³-hybridized carbons (Fsp3) is 0.269. The van der Waals surface area contributed by atoms with Gasteiger partial charge >= 0.3 is 0 Å². The largest absolute Gasteiger partial charge is 0.507 e. The molecule has 0 bridgehead atoms. The molecular weight excluding hydrogens is 420 g/mol. The molecule has 3 heterocycles. The molecule has 0 radical (unpaired) electrons. The maximum atomic E-state index is 13.2. The number of carbonyl (C=O) groups excluding carboxylic acids is 2. The molecule has 0 saturated carbocycles. The van der Waals surface area contributed by atoms with E-state index in [-0.39, 0.29) is 23.3 Å². The summed E-state index contributed by atoms with van der Waals surface area (Å²) in [5.41, 5.74) is 1.81. The Balaban J connectivity index is 1.89. The van der Waals surface area contributed by atoms with E-state index in [0.717, 1.165) is 11.1 Å². The highest BCUT2D eigenvalue weighted by Gasteiger charge is 2.47. The van der Waals surface area contributed by atoms with Crippen molar-refractivity contribution >= 4 is 17.4 Å². The summed E-state index contributed by atoms with van der Waals surface area (Å²) in [6.07, 6.45) is 4.74. The molecule has 1 aliphatic heterocycles. The van der Waals surface area contributed by atoms with E-state index in [1.54, 1.807) is 42.7 Å². The zero-order valence-corrected chi connectivity index (χ0v) is 19.0. The van der Waals surface area contributed by atoms with Crippen LogP contribution in [0.2, 0.25) is 0 Å². The van der Waals surface area contributed by atoms with Crippen LogP contribution in [0.3, 0.4) is 0 Å². The summed E-state index contributed by atoms with van der Waals surface area (Å²) in [4.78, 5) is 31.8. The van der Waals surface area contributed by atoms with Crippen LogP contribution in [-0.4, -0.2) is 33.8 Å². The molecule has 1 unspecified atom stereocenters. The van der Waals surface area contributed by atoms with Gasteiger partial charge in [-0.15, -0.1) is 0 Å². The number of nitrogens with zero attached hydrogens (tertiary/aromatic N) is 2. The summed E-state index contributed by atoms with van der Waals surface area (Å²) >= 11 is 0. The Hall–Kier alpha value is -3.87. The van der Waals surface area contributed by atoms with Gasteiger partial charge in [0, 0.05) is 18.9 Å². The number of pyridine rings is 1. The summed E-state index contributed by atoms with van der Waals surface area (Å²) in [7, 11) is 1.49. The van der Waals surface area contributed by atoms with E-state index >= 15 is 0 Å².